The highest BCUT2D eigenvalue weighted by molar-refractivity contribution is 6.30. The van der Waals surface area contributed by atoms with Gasteiger partial charge in [-0.05, 0) is 48.5 Å². The largest absolute Gasteiger partial charge is 0.497 e. The average molecular weight is 355 g/mol. The lowest BCUT2D eigenvalue weighted by Crippen LogP contribution is -2.14. The number of halogens is 1. The van der Waals surface area contributed by atoms with Gasteiger partial charge in [0.25, 0.3) is 5.91 Å². The van der Waals surface area contributed by atoms with Crippen LogP contribution in [0, 0.1) is 0 Å². The highest BCUT2D eigenvalue weighted by Crippen LogP contribution is 2.18. The second kappa shape index (κ2) is 7.63. The maximum atomic E-state index is 12.3. The van der Waals surface area contributed by atoms with Crippen LogP contribution in [0.25, 0.3) is 0 Å². The van der Waals surface area contributed by atoms with Crippen molar-refractivity contribution in [2.45, 2.75) is 0 Å². The molecule has 3 rings (SSSR count). The quantitative estimate of drug-likeness (QED) is 0.720. The van der Waals surface area contributed by atoms with Gasteiger partial charge in [0.05, 0.1) is 7.11 Å². The van der Waals surface area contributed by atoms with Crippen LogP contribution in [0.3, 0.4) is 0 Å². The van der Waals surface area contributed by atoms with Gasteiger partial charge in [-0.1, -0.05) is 17.7 Å². The molecule has 0 aliphatic carbocycles. The predicted octanol–water partition coefficient (Wildman–Crippen LogP) is 4.13. The van der Waals surface area contributed by atoms with Crippen molar-refractivity contribution >= 4 is 34.8 Å². The Morgan fingerprint density at radius 2 is 1.88 bits per heavy atom. The number of hydrogen-bond acceptors (Lipinski definition) is 5. The molecular formula is C18H15ClN4O2. The highest BCUT2D eigenvalue weighted by atomic mass is 35.5. The van der Waals surface area contributed by atoms with Crippen LogP contribution in [-0.4, -0.2) is 23.0 Å². The molecule has 0 spiro atoms. The Hall–Kier alpha value is -3.12. The molecule has 0 aliphatic rings. The van der Waals surface area contributed by atoms with Crippen LogP contribution in [-0.2, 0) is 0 Å². The first-order valence-corrected chi connectivity index (χ1v) is 7.83. The van der Waals surface area contributed by atoms with E-state index in [1.54, 1.807) is 49.6 Å². The van der Waals surface area contributed by atoms with Crippen molar-refractivity contribution in [2.24, 2.45) is 0 Å². The Kier molecular flexibility index (Phi) is 5.11. The van der Waals surface area contributed by atoms with Gasteiger partial charge < -0.3 is 15.4 Å². The SMILES string of the molecule is COc1ccc(NC(=O)c2ccnc(Nc3cccc(Cl)c3)n2)cc1. The molecule has 0 bridgehead atoms. The number of methoxy groups -OCH3 is 1. The average Bonchev–Trinajstić information content (AvgIpc) is 2.62. The summed E-state index contributed by atoms with van der Waals surface area (Å²) in [6.45, 7) is 0. The molecule has 1 aromatic heterocycles. The molecule has 1 heterocycles. The van der Waals surface area contributed by atoms with Crippen molar-refractivity contribution in [3.63, 3.8) is 0 Å². The second-order valence-corrected chi connectivity index (χ2v) is 5.52. The minimum atomic E-state index is -0.332. The van der Waals surface area contributed by atoms with E-state index in [0.29, 0.717) is 22.4 Å². The Bertz CT molecular complexity index is 884. The van der Waals surface area contributed by atoms with E-state index in [0.717, 1.165) is 5.69 Å². The van der Waals surface area contributed by atoms with Gasteiger partial charge >= 0.3 is 0 Å². The molecule has 126 valence electrons. The summed E-state index contributed by atoms with van der Waals surface area (Å²) >= 11 is 5.95. The summed E-state index contributed by atoms with van der Waals surface area (Å²) in [5.41, 5.74) is 1.63. The topological polar surface area (TPSA) is 76.1 Å². The van der Waals surface area contributed by atoms with Crippen LogP contribution in [0.5, 0.6) is 5.75 Å². The number of carbonyl (C=O) groups is 1. The molecular weight excluding hydrogens is 340 g/mol. The summed E-state index contributed by atoms with van der Waals surface area (Å²) in [5, 5.41) is 6.39. The van der Waals surface area contributed by atoms with E-state index in [1.807, 2.05) is 12.1 Å². The molecule has 0 fully saturated rings. The molecule has 2 N–H and O–H groups in total. The molecule has 6 nitrogen and oxygen atoms in total. The fraction of sp³-hybridized carbons (Fsp3) is 0.0556. The van der Waals surface area contributed by atoms with Gasteiger partial charge in [-0.25, -0.2) is 9.97 Å². The molecule has 0 aliphatic heterocycles. The van der Waals surface area contributed by atoms with E-state index in [9.17, 15) is 4.79 Å². The highest BCUT2D eigenvalue weighted by Gasteiger charge is 2.10. The summed E-state index contributed by atoms with van der Waals surface area (Å²) < 4.78 is 5.09. The third-order valence-corrected chi connectivity index (χ3v) is 3.55. The van der Waals surface area contributed by atoms with E-state index >= 15 is 0 Å². The smallest absolute Gasteiger partial charge is 0.274 e. The van der Waals surface area contributed by atoms with E-state index in [2.05, 4.69) is 20.6 Å². The molecule has 0 saturated carbocycles. The Morgan fingerprint density at radius 3 is 2.60 bits per heavy atom. The zero-order valence-corrected chi connectivity index (χ0v) is 14.1. The van der Waals surface area contributed by atoms with Crippen LogP contribution >= 0.6 is 11.6 Å². The molecule has 3 aromatic rings. The Labute approximate surface area is 149 Å². The number of hydrogen-bond donors (Lipinski definition) is 2. The van der Waals surface area contributed by atoms with Crippen molar-refractivity contribution < 1.29 is 9.53 Å². The van der Waals surface area contributed by atoms with Gasteiger partial charge in [0, 0.05) is 22.6 Å². The zero-order valence-electron chi connectivity index (χ0n) is 13.4. The fourth-order valence-electron chi connectivity index (χ4n) is 2.11. The predicted molar refractivity (Wildman–Crippen MR) is 97.7 cm³/mol. The number of nitrogens with zero attached hydrogens (tertiary/aromatic N) is 2. The maximum Gasteiger partial charge on any atom is 0.274 e. The van der Waals surface area contributed by atoms with Gasteiger partial charge in [-0.3, -0.25) is 4.79 Å². The zero-order chi connectivity index (χ0) is 17.6. The summed E-state index contributed by atoms with van der Waals surface area (Å²) in [7, 11) is 1.59. The molecule has 0 unspecified atom stereocenters. The molecule has 25 heavy (non-hydrogen) atoms. The lowest BCUT2D eigenvalue weighted by atomic mass is 10.3. The number of carbonyl (C=O) groups excluding carboxylic acids is 1. The van der Waals surface area contributed by atoms with E-state index in [1.165, 1.54) is 6.20 Å². The van der Waals surface area contributed by atoms with E-state index in [4.69, 9.17) is 16.3 Å². The van der Waals surface area contributed by atoms with Gasteiger partial charge in [0.2, 0.25) is 5.95 Å². The second-order valence-electron chi connectivity index (χ2n) is 5.08. The first kappa shape index (κ1) is 16.7. The molecule has 0 atom stereocenters. The molecule has 1 amide bonds. The molecule has 0 radical (unpaired) electrons. The van der Waals surface area contributed by atoms with Crippen molar-refractivity contribution in [1.29, 1.82) is 0 Å². The summed E-state index contributed by atoms with van der Waals surface area (Å²) in [4.78, 5) is 20.7. The lowest BCUT2D eigenvalue weighted by Gasteiger charge is -2.08. The number of aromatic nitrogens is 2. The van der Waals surface area contributed by atoms with E-state index < -0.39 is 0 Å². The fourth-order valence-corrected chi connectivity index (χ4v) is 2.30. The standard InChI is InChI=1S/C18H15ClN4O2/c1-25-15-7-5-13(6-8-15)21-17(24)16-9-10-20-18(23-16)22-14-4-2-3-12(19)11-14/h2-11H,1H3,(H,21,24)(H,20,22,23). The van der Waals surface area contributed by atoms with Crippen molar-refractivity contribution in [3.8, 4) is 5.75 Å². The monoisotopic (exact) mass is 354 g/mol. The number of anilines is 3. The number of rotatable bonds is 5. The summed E-state index contributed by atoms with van der Waals surface area (Å²) in [6.07, 6.45) is 1.52. The van der Waals surface area contributed by atoms with Crippen molar-refractivity contribution in [3.05, 3.63) is 71.5 Å². The third-order valence-electron chi connectivity index (χ3n) is 3.32. The summed E-state index contributed by atoms with van der Waals surface area (Å²) in [6, 6.07) is 15.7. The minimum Gasteiger partial charge on any atom is -0.497 e. The maximum absolute atomic E-state index is 12.3. The number of nitrogens with one attached hydrogen (secondary N) is 2. The van der Waals surface area contributed by atoms with E-state index in [-0.39, 0.29) is 11.6 Å². The van der Waals surface area contributed by atoms with Crippen LogP contribution in [0.15, 0.2) is 60.8 Å². The number of ether oxygens (including phenoxy) is 1. The molecule has 2 aromatic carbocycles. The van der Waals surface area contributed by atoms with Crippen molar-refractivity contribution in [2.75, 3.05) is 17.7 Å². The number of amides is 1. The minimum absolute atomic E-state index is 0.246. The van der Waals surface area contributed by atoms with Gasteiger partial charge in [-0.15, -0.1) is 0 Å². The van der Waals surface area contributed by atoms with Crippen LogP contribution in [0.1, 0.15) is 10.5 Å². The Morgan fingerprint density at radius 1 is 1.08 bits per heavy atom. The van der Waals surface area contributed by atoms with Crippen LogP contribution < -0.4 is 15.4 Å². The number of benzene rings is 2. The summed E-state index contributed by atoms with van der Waals surface area (Å²) in [5.74, 6) is 0.694. The molecule has 7 heteroatoms. The normalized spacial score (nSPS) is 10.2. The van der Waals surface area contributed by atoms with Crippen molar-refractivity contribution in [1.82, 2.24) is 9.97 Å². The first-order chi connectivity index (χ1) is 12.1. The first-order valence-electron chi connectivity index (χ1n) is 7.45. The van der Waals surface area contributed by atoms with Gasteiger partial charge in [-0.2, -0.15) is 0 Å². The Balaban J connectivity index is 1.72. The molecule has 0 saturated heterocycles. The van der Waals surface area contributed by atoms with Gasteiger partial charge in [0.15, 0.2) is 0 Å². The van der Waals surface area contributed by atoms with Crippen LogP contribution in [0.4, 0.5) is 17.3 Å². The third kappa shape index (κ3) is 4.45. The lowest BCUT2D eigenvalue weighted by molar-refractivity contribution is 0.102. The van der Waals surface area contributed by atoms with Crippen LogP contribution in [0.2, 0.25) is 5.02 Å². The van der Waals surface area contributed by atoms with Gasteiger partial charge in [0.1, 0.15) is 11.4 Å².